The van der Waals surface area contributed by atoms with E-state index in [1.165, 1.54) is 17.8 Å². The van der Waals surface area contributed by atoms with E-state index in [0.717, 1.165) is 30.8 Å². The van der Waals surface area contributed by atoms with Crippen LogP contribution >= 0.6 is 11.8 Å². The molecule has 0 bridgehead atoms. The van der Waals surface area contributed by atoms with Crippen LogP contribution in [-0.4, -0.2) is 35.6 Å². The highest BCUT2D eigenvalue weighted by Crippen LogP contribution is 2.25. The molecule has 5 nitrogen and oxygen atoms in total. The molecular weight excluding hydrogens is 305 g/mol. The molecule has 0 radical (unpaired) electrons. The van der Waals surface area contributed by atoms with Gasteiger partial charge in [-0.1, -0.05) is 5.16 Å². The molecule has 7 heteroatoms. The highest BCUT2D eigenvalue weighted by molar-refractivity contribution is 7.98. The van der Waals surface area contributed by atoms with Crippen molar-refractivity contribution in [2.75, 3.05) is 19.3 Å². The Morgan fingerprint density at radius 1 is 1.41 bits per heavy atom. The first-order valence-corrected chi connectivity index (χ1v) is 8.47. The van der Waals surface area contributed by atoms with Crippen LogP contribution in [0.1, 0.15) is 18.7 Å². The number of nitrogens with one attached hydrogen (secondary N) is 1. The quantitative estimate of drug-likeness (QED) is 0.854. The van der Waals surface area contributed by atoms with Gasteiger partial charge in [0.05, 0.1) is 11.7 Å². The van der Waals surface area contributed by atoms with Crippen molar-refractivity contribution in [1.29, 1.82) is 0 Å². The Labute approximate surface area is 132 Å². The smallest absolute Gasteiger partial charge is 0.252 e. The molecule has 118 valence electrons. The minimum atomic E-state index is -0.349. The van der Waals surface area contributed by atoms with Crippen LogP contribution in [0.25, 0.3) is 11.4 Å². The summed E-state index contributed by atoms with van der Waals surface area (Å²) >= 11 is 1.49. The maximum Gasteiger partial charge on any atom is 0.252 e. The van der Waals surface area contributed by atoms with Gasteiger partial charge in [0, 0.05) is 4.90 Å². The van der Waals surface area contributed by atoms with Crippen LogP contribution in [-0.2, 0) is 11.3 Å². The molecule has 0 amide bonds. The first-order valence-electron chi connectivity index (χ1n) is 7.25. The lowest BCUT2D eigenvalue weighted by Gasteiger charge is -2.21. The third-order valence-corrected chi connectivity index (χ3v) is 4.34. The van der Waals surface area contributed by atoms with Gasteiger partial charge in [0.1, 0.15) is 12.4 Å². The zero-order valence-corrected chi connectivity index (χ0v) is 13.2. The third kappa shape index (κ3) is 3.66. The van der Waals surface area contributed by atoms with E-state index in [9.17, 15) is 4.39 Å². The summed E-state index contributed by atoms with van der Waals surface area (Å²) in [5.41, 5.74) is 0.342. The molecular formula is C15H18FN3O2S. The number of nitrogens with zero attached hydrogens (tertiary/aromatic N) is 2. The van der Waals surface area contributed by atoms with Crippen LogP contribution in [0.15, 0.2) is 27.6 Å². The number of benzene rings is 1. The van der Waals surface area contributed by atoms with Crippen LogP contribution in [0.3, 0.4) is 0 Å². The minimum Gasteiger partial charge on any atom is -0.368 e. The van der Waals surface area contributed by atoms with Gasteiger partial charge in [0.25, 0.3) is 5.89 Å². The molecule has 1 saturated heterocycles. The normalized spacial score (nSPS) is 16.1. The summed E-state index contributed by atoms with van der Waals surface area (Å²) < 4.78 is 24.9. The summed E-state index contributed by atoms with van der Waals surface area (Å²) in [4.78, 5) is 5.08. The van der Waals surface area contributed by atoms with E-state index < -0.39 is 0 Å². The Morgan fingerprint density at radius 3 is 2.95 bits per heavy atom. The molecule has 1 aliphatic rings. The number of piperidine rings is 1. The number of thioether (sulfide) groups is 1. The molecule has 0 aliphatic carbocycles. The lowest BCUT2D eigenvalue weighted by molar-refractivity contribution is 0.00859. The minimum absolute atomic E-state index is 0.217. The van der Waals surface area contributed by atoms with Gasteiger partial charge in [0.15, 0.2) is 0 Å². The van der Waals surface area contributed by atoms with Gasteiger partial charge in [-0.05, 0) is 50.4 Å². The predicted molar refractivity (Wildman–Crippen MR) is 82.2 cm³/mol. The lowest BCUT2D eigenvalue weighted by atomic mass is 10.1. The maximum absolute atomic E-state index is 14.0. The molecule has 2 aromatic rings. The van der Waals surface area contributed by atoms with Gasteiger partial charge in [-0.15, -0.1) is 11.8 Å². The average molecular weight is 323 g/mol. The van der Waals surface area contributed by atoms with Crippen LogP contribution in [0.2, 0.25) is 0 Å². The van der Waals surface area contributed by atoms with Gasteiger partial charge < -0.3 is 14.6 Å². The van der Waals surface area contributed by atoms with Crippen molar-refractivity contribution >= 4 is 11.8 Å². The van der Waals surface area contributed by atoms with Crippen LogP contribution < -0.4 is 5.32 Å². The molecule has 0 atom stereocenters. The molecule has 1 aromatic carbocycles. The molecule has 1 fully saturated rings. The molecule has 0 saturated carbocycles. The first-order chi connectivity index (χ1) is 10.8. The standard InChI is InChI=1S/C15H18FN3O2S/c1-22-11-2-3-12(13(16)8-11)15-18-14(21-19-15)9-20-10-4-6-17-7-5-10/h2-3,8,10,17H,4-7,9H2,1H3. The molecule has 0 unspecified atom stereocenters. The van der Waals surface area contributed by atoms with Crippen molar-refractivity contribution in [1.82, 2.24) is 15.5 Å². The second-order valence-electron chi connectivity index (χ2n) is 5.12. The van der Waals surface area contributed by atoms with E-state index in [0.29, 0.717) is 11.5 Å². The number of rotatable bonds is 5. The summed E-state index contributed by atoms with van der Waals surface area (Å²) in [6.07, 6.45) is 4.07. The molecule has 2 heterocycles. The molecule has 3 rings (SSSR count). The van der Waals surface area contributed by atoms with Gasteiger partial charge in [-0.2, -0.15) is 4.98 Å². The SMILES string of the molecule is CSc1ccc(-c2noc(COC3CCNCC3)n2)c(F)c1. The van der Waals surface area contributed by atoms with Gasteiger partial charge >= 0.3 is 0 Å². The van der Waals surface area contributed by atoms with Crippen LogP contribution in [0.5, 0.6) is 0 Å². The second kappa shape index (κ2) is 7.21. The van der Waals surface area contributed by atoms with Crippen LogP contribution in [0.4, 0.5) is 4.39 Å². The Kier molecular flexibility index (Phi) is 5.07. The van der Waals surface area contributed by atoms with Crippen molar-refractivity contribution in [3.05, 3.63) is 29.9 Å². The first kappa shape index (κ1) is 15.5. The van der Waals surface area contributed by atoms with Crippen molar-refractivity contribution in [3.8, 4) is 11.4 Å². The predicted octanol–water partition coefficient (Wildman–Crippen LogP) is 2.87. The Hall–Kier alpha value is -1.44. The summed E-state index contributed by atoms with van der Waals surface area (Å²) in [5.74, 6) is 0.286. The third-order valence-electron chi connectivity index (χ3n) is 3.61. The zero-order valence-electron chi connectivity index (χ0n) is 12.3. The molecule has 22 heavy (non-hydrogen) atoms. The molecule has 0 spiro atoms. The maximum atomic E-state index is 14.0. The zero-order chi connectivity index (χ0) is 15.4. The van der Waals surface area contributed by atoms with E-state index in [2.05, 4.69) is 15.5 Å². The number of hydrogen-bond donors (Lipinski definition) is 1. The molecule has 1 aliphatic heterocycles. The van der Waals surface area contributed by atoms with Crippen molar-refractivity contribution in [2.45, 2.75) is 30.4 Å². The number of aromatic nitrogens is 2. The van der Waals surface area contributed by atoms with Gasteiger partial charge in [-0.3, -0.25) is 0 Å². The van der Waals surface area contributed by atoms with Crippen molar-refractivity contribution in [2.24, 2.45) is 0 Å². The van der Waals surface area contributed by atoms with Crippen LogP contribution in [0, 0.1) is 5.82 Å². The topological polar surface area (TPSA) is 60.2 Å². The highest BCUT2D eigenvalue weighted by Gasteiger charge is 2.17. The van der Waals surface area contributed by atoms with E-state index in [1.54, 1.807) is 6.07 Å². The van der Waals surface area contributed by atoms with E-state index >= 15 is 0 Å². The van der Waals surface area contributed by atoms with Gasteiger partial charge in [-0.25, -0.2) is 4.39 Å². The largest absolute Gasteiger partial charge is 0.368 e. The molecule has 1 aromatic heterocycles. The number of halogens is 1. The summed E-state index contributed by atoms with van der Waals surface area (Å²) in [7, 11) is 0. The fourth-order valence-electron chi connectivity index (χ4n) is 2.38. The number of ether oxygens (including phenoxy) is 1. The van der Waals surface area contributed by atoms with Gasteiger partial charge in [0.2, 0.25) is 5.82 Å². The fraction of sp³-hybridized carbons (Fsp3) is 0.467. The van der Waals surface area contributed by atoms with E-state index in [4.69, 9.17) is 9.26 Å². The van der Waals surface area contributed by atoms with Crippen molar-refractivity contribution < 1.29 is 13.7 Å². The monoisotopic (exact) mass is 323 g/mol. The molecule has 1 N–H and O–H groups in total. The summed E-state index contributed by atoms with van der Waals surface area (Å²) in [5, 5.41) is 7.12. The number of hydrogen-bond acceptors (Lipinski definition) is 6. The highest BCUT2D eigenvalue weighted by atomic mass is 32.2. The average Bonchev–Trinajstić information content (AvgIpc) is 3.02. The second-order valence-corrected chi connectivity index (χ2v) is 6.00. The van der Waals surface area contributed by atoms with E-state index in [-0.39, 0.29) is 24.4 Å². The summed E-state index contributed by atoms with van der Waals surface area (Å²) in [6, 6.07) is 4.98. The Balaban J connectivity index is 1.65. The fourth-order valence-corrected chi connectivity index (χ4v) is 2.80. The summed E-state index contributed by atoms with van der Waals surface area (Å²) in [6.45, 7) is 2.20. The Bertz CT molecular complexity index is 629. The van der Waals surface area contributed by atoms with E-state index in [1.807, 2.05) is 12.3 Å². The van der Waals surface area contributed by atoms with Crippen molar-refractivity contribution in [3.63, 3.8) is 0 Å². The Morgan fingerprint density at radius 2 is 2.23 bits per heavy atom. The lowest BCUT2D eigenvalue weighted by Crippen LogP contribution is -2.32.